The number of aliphatic hydroxyl groups excluding tert-OH is 1. The monoisotopic (exact) mass is 418 g/mol. The number of ketones is 2. The molecule has 0 aliphatic heterocycles. The largest absolute Gasteiger partial charge is 0.393 e. The van der Waals surface area contributed by atoms with Crippen molar-refractivity contribution >= 4 is 11.6 Å². The number of aliphatic hydroxyl groups is 1. The number of hydrogen-bond acceptors (Lipinski definition) is 5. The summed E-state index contributed by atoms with van der Waals surface area (Å²) in [4.78, 5) is 25.3. The molecule has 0 aromatic heterocycles. The minimum absolute atomic E-state index is 0.0432. The van der Waals surface area contributed by atoms with Crippen molar-refractivity contribution in [2.24, 2.45) is 40.4 Å². The maximum Gasteiger partial charge on any atom is 0.162 e. The smallest absolute Gasteiger partial charge is 0.162 e. The van der Waals surface area contributed by atoms with Crippen molar-refractivity contribution < 1.29 is 24.2 Å². The quantitative estimate of drug-likeness (QED) is 0.701. The maximum absolute atomic E-state index is 13.1. The molecule has 0 spiro atoms. The summed E-state index contributed by atoms with van der Waals surface area (Å²) in [7, 11) is 1.58. The normalized spacial score (nSPS) is 50.4. The first kappa shape index (κ1) is 22.2. The van der Waals surface area contributed by atoms with Gasteiger partial charge in [0.15, 0.2) is 11.6 Å². The van der Waals surface area contributed by atoms with Crippen LogP contribution in [0.2, 0.25) is 0 Å². The Labute approximate surface area is 180 Å². The summed E-state index contributed by atoms with van der Waals surface area (Å²) in [5.74, 6) is 1.40. The number of hydrogen-bond donors (Lipinski definition) is 1. The fourth-order valence-electron chi connectivity index (χ4n) is 8.75. The van der Waals surface area contributed by atoms with Gasteiger partial charge in [-0.05, 0) is 73.7 Å². The van der Waals surface area contributed by atoms with Gasteiger partial charge in [0.2, 0.25) is 0 Å². The Morgan fingerprint density at radius 2 is 1.97 bits per heavy atom. The van der Waals surface area contributed by atoms with Crippen LogP contribution in [0.4, 0.5) is 0 Å². The van der Waals surface area contributed by atoms with E-state index in [1.807, 2.05) is 6.08 Å². The highest BCUT2D eigenvalue weighted by Crippen LogP contribution is 2.70. The topological polar surface area (TPSA) is 72.8 Å². The minimum Gasteiger partial charge on any atom is -0.393 e. The molecule has 5 heteroatoms. The van der Waals surface area contributed by atoms with Crippen LogP contribution in [0, 0.1) is 40.4 Å². The second-order valence-corrected chi connectivity index (χ2v) is 11.1. The Kier molecular flexibility index (Phi) is 5.35. The predicted molar refractivity (Wildman–Crippen MR) is 114 cm³/mol. The Morgan fingerprint density at radius 3 is 2.60 bits per heavy atom. The van der Waals surface area contributed by atoms with Crippen LogP contribution >= 0.6 is 0 Å². The van der Waals surface area contributed by atoms with Gasteiger partial charge < -0.3 is 14.6 Å². The van der Waals surface area contributed by atoms with Crippen molar-refractivity contribution in [3.8, 4) is 0 Å². The first-order valence-corrected chi connectivity index (χ1v) is 11.6. The average molecular weight is 419 g/mol. The molecule has 0 heterocycles. The van der Waals surface area contributed by atoms with Gasteiger partial charge in [0, 0.05) is 18.9 Å². The summed E-state index contributed by atoms with van der Waals surface area (Å²) in [5, 5.41) is 11.6. The van der Waals surface area contributed by atoms with E-state index in [0.29, 0.717) is 30.6 Å². The molecule has 3 fully saturated rings. The van der Waals surface area contributed by atoms with Gasteiger partial charge in [-0.25, -0.2) is 0 Å². The molecule has 0 aromatic carbocycles. The zero-order valence-electron chi connectivity index (χ0n) is 19.4. The summed E-state index contributed by atoms with van der Waals surface area (Å²) < 4.78 is 11.5. The Hall–Kier alpha value is -1.04. The van der Waals surface area contributed by atoms with Crippen LogP contribution in [-0.2, 0) is 19.1 Å². The molecule has 0 radical (unpaired) electrons. The summed E-state index contributed by atoms with van der Waals surface area (Å²) >= 11 is 0. The predicted octanol–water partition coefficient (Wildman–Crippen LogP) is 3.93. The lowest BCUT2D eigenvalue weighted by Crippen LogP contribution is -2.63. The van der Waals surface area contributed by atoms with E-state index in [4.69, 9.17) is 9.47 Å². The molecule has 0 bridgehead atoms. The molecule has 30 heavy (non-hydrogen) atoms. The molecular formula is C25H38O5. The Bertz CT molecular complexity index is 774. The van der Waals surface area contributed by atoms with E-state index in [0.717, 1.165) is 19.3 Å². The lowest BCUT2D eigenvalue weighted by molar-refractivity contribution is -0.222. The second-order valence-electron chi connectivity index (χ2n) is 11.1. The van der Waals surface area contributed by atoms with Crippen LogP contribution in [-0.4, -0.2) is 42.3 Å². The molecule has 1 N–H and O–H groups in total. The van der Waals surface area contributed by atoms with E-state index in [1.165, 1.54) is 5.57 Å². The molecular weight excluding hydrogens is 380 g/mol. The molecule has 5 nitrogen and oxygen atoms in total. The number of allylic oxidation sites excluding steroid dienone is 1. The van der Waals surface area contributed by atoms with Gasteiger partial charge in [0.25, 0.3) is 0 Å². The molecule has 0 aromatic rings. The van der Waals surface area contributed by atoms with Crippen LogP contribution in [0.3, 0.4) is 0 Å². The van der Waals surface area contributed by atoms with Crippen LogP contribution in [0.1, 0.15) is 66.7 Å². The fraction of sp³-hybridized carbons (Fsp3) is 0.840. The van der Waals surface area contributed by atoms with Gasteiger partial charge in [-0.2, -0.15) is 0 Å². The third kappa shape index (κ3) is 2.70. The van der Waals surface area contributed by atoms with Crippen molar-refractivity contribution in [1.29, 1.82) is 0 Å². The van der Waals surface area contributed by atoms with Crippen molar-refractivity contribution in [2.75, 3.05) is 13.9 Å². The van der Waals surface area contributed by atoms with E-state index in [-0.39, 0.29) is 35.6 Å². The van der Waals surface area contributed by atoms with Crippen LogP contribution in [0.25, 0.3) is 0 Å². The fourth-order valence-corrected chi connectivity index (χ4v) is 8.75. The molecule has 168 valence electrons. The molecule has 4 aliphatic rings. The highest BCUT2D eigenvalue weighted by Gasteiger charge is 2.71. The van der Waals surface area contributed by atoms with Gasteiger partial charge in [-0.3, -0.25) is 9.59 Å². The SMILES string of the molecule is COCO[C@]1(C(C)=O)[C@@H](C)C[C@H]2[C@@H]3C[C@H](C)C4=CC(=O)CC[C@]4(C)[C@H]3[C@@H](O)C[C@@]21C. The van der Waals surface area contributed by atoms with Crippen molar-refractivity contribution in [2.45, 2.75) is 78.4 Å². The highest BCUT2D eigenvalue weighted by atomic mass is 16.7. The van der Waals surface area contributed by atoms with Crippen LogP contribution < -0.4 is 0 Å². The van der Waals surface area contributed by atoms with Gasteiger partial charge in [0.1, 0.15) is 12.4 Å². The van der Waals surface area contributed by atoms with Gasteiger partial charge in [0.05, 0.1) is 6.10 Å². The number of carbonyl (C=O) groups is 2. The number of fused-ring (bicyclic) bond motifs is 5. The summed E-state index contributed by atoms with van der Waals surface area (Å²) in [6.45, 7) is 10.5. The molecule has 0 amide bonds. The average Bonchev–Trinajstić information content (AvgIpc) is 2.88. The molecule has 0 saturated heterocycles. The van der Waals surface area contributed by atoms with E-state index >= 15 is 0 Å². The molecule has 4 aliphatic carbocycles. The third-order valence-corrected chi connectivity index (χ3v) is 9.68. The standard InChI is InChI=1S/C25H38O5/c1-14-9-18-20-10-15(2)25(16(3)26,30-13-29-6)24(20,5)12-21(28)22(18)23(4)8-7-17(27)11-19(14)23/h11,14-15,18,20-22,28H,7-10,12-13H2,1-6H3/t14-,15-,18-,20-,21-,22+,23-,24-,25-/m0/s1. The van der Waals surface area contributed by atoms with E-state index in [1.54, 1.807) is 14.0 Å². The van der Waals surface area contributed by atoms with Crippen molar-refractivity contribution in [3.05, 3.63) is 11.6 Å². The number of ether oxygens (including phenoxy) is 2. The maximum atomic E-state index is 13.1. The first-order valence-electron chi connectivity index (χ1n) is 11.6. The number of rotatable bonds is 4. The molecule has 0 unspecified atom stereocenters. The molecule has 3 saturated carbocycles. The van der Waals surface area contributed by atoms with Gasteiger partial charge in [-0.15, -0.1) is 0 Å². The zero-order chi connectivity index (χ0) is 22.1. The van der Waals surface area contributed by atoms with Crippen LogP contribution in [0.15, 0.2) is 11.6 Å². The number of Topliss-reactive ketones (excluding diaryl/α,β-unsaturated/α-hetero) is 1. The highest BCUT2D eigenvalue weighted by molar-refractivity contribution is 5.91. The molecule has 9 atom stereocenters. The first-order chi connectivity index (χ1) is 14.0. The van der Waals surface area contributed by atoms with Crippen LogP contribution in [0.5, 0.6) is 0 Å². The Morgan fingerprint density at radius 1 is 1.27 bits per heavy atom. The lowest BCUT2D eigenvalue weighted by atomic mass is 9.44. The third-order valence-electron chi connectivity index (χ3n) is 9.68. The van der Waals surface area contributed by atoms with E-state index in [2.05, 4.69) is 27.7 Å². The van der Waals surface area contributed by atoms with Gasteiger partial charge in [-0.1, -0.05) is 33.3 Å². The summed E-state index contributed by atoms with van der Waals surface area (Å²) in [6.07, 6.45) is 5.19. The van der Waals surface area contributed by atoms with Crippen molar-refractivity contribution in [3.63, 3.8) is 0 Å². The summed E-state index contributed by atoms with van der Waals surface area (Å²) in [5.41, 5.74) is -0.265. The molecule has 4 rings (SSSR count). The summed E-state index contributed by atoms with van der Waals surface area (Å²) in [6, 6.07) is 0. The number of carbonyl (C=O) groups excluding carboxylic acids is 2. The van der Waals surface area contributed by atoms with E-state index in [9.17, 15) is 14.7 Å². The number of methoxy groups -OCH3 is 1. The van der Waals surface area contributed by atoms with E-state index < -0.39 is 17.1 Å². The second kappa shape index (κ2) is 7.25. The zero-order valence-corrected chi connectivity index (χ0v) is 19.4. The van der Waals surface area contributed by atoms with Crippen molar-refractivity contribution in [1.82, 2.24) is 0 Å². The Balaban J connectivity index is 1.79. The minimum atomic E-state index is -0.928. The lowest BCUT2D eigenvalue weighted by Gasteiger charge is -2.62. The van der Waals surface area contributed by atoms with Gasteiger partial charge >= 0.3 is 0 Å².